The Morgan fingerprint density at radius 3 is 2.54 bits per heavy atom. The number of benzene rings is 2. The second kappa shape index (κ2) is 8.80. The molecule has 0 amide bonds. The van der Waals surface area contributed by atoms with Crippen molar-refractivity contribution in [1.29, 1.82) is 0 Å². The van der Waals surface area contributed by atoms with E-state index in [4.69, 9.17) is 11.6 Å². The van der Waals surface area contributed by atoms with E-state index in [1.807, 2.05) is 6.92 Å². The number of carbonyl (C=O) groups is 1. The zero-order valence-corrected chi connectivity index (χ0v) is 20.7. The SMILES string of the molecule is CCc1nc2ncc(Cl)cn2c1C(=O)CCc1ccc(N2CC3(CC(c4ccccc4)C3)C2)cc1. The summed E-state index contributed by atoms with van der Waals surface area (Å²) < 4.78 is 1.73. The molecule has 0 N–H and O–H groups in total. The molecule has 1 saturated heterocycles. The van der Waals surface area contributed by atoms with Crippen LogP contribution in [0.1, 0.15) is 59.4 Å². The number of hydrogen-bond donors (Lipinski definition) is 0. The second-order valence-corrected chi connectivity index (χ2v) is 10.6. The summed E-state index contributed by atoms with van der Waals surface area (Å²) in [4.78, 5) is 24.4. The number of rotatable bonds is 7. The molecule has 0 radical (unpaired) electrons. The van der Waals surface area contributed by atoms with Crippen molar-refractivity contribution in [2.24, 2.45) is 5.41 Å². The van der Waals surface area contributed by atoms with Crippen LogP contribution in [-0.4, -0.2) is 33.2 Å². The predicted molar refractivity (Wildman–Crippen MR) is 140 cm³/mol. The van der Waals surface area contributed by atoms with Crippen LogP contribution in [0.15, 0.2) is 67.0 Å². The van der Waals surface area contributed by atoms with E-state index in [1.54, 1.807) is 16.8 Å². The minimum atomic E-state index is 0.0742. The molecule has 0 unspecified atom stereocenters. The van der Waals surface area contributed by atoms with Crippen LogP contribution in [0.5, 0.6) is 0 Å². The topological polar surface area (TPSA) is 50.5 Å². The molecule has 1 spiro atoms. The summed E-state index contributed by atoms with van der Waals surface area (Å²) in [6, 6.07) is 19.7. The van der Waals surface area contributed by atoms with Crippen molar-refractivity contribution in [3.05, 3.63) is 94.5 Å². The van der Waals surface area contributed by atoms with E-state index < -0.39 is 0 Å². The van der Waals surface area contributed by atoms with Gasteiger partial charge in [-0.1, -0.05) is 61.0 Å². The Balaban J connectivity index is 1.05. The van der Waals surface area contributed by atoms with Gasteiger partial charge in [-0.2, -0.15) is 0 Å². The highest BCUT2D eigenvalue weighted by Crippen LogP contribution is 2.56. The van der Waals surface area contributed by atoms with Crippen LogP contribution in [0.3, 0.4) is 0 Å². The average molecular weight is 485 g/mol. The van der Waals surface area contributed by atoms with E-state index in [1.165, 1.54) is 29.7 Å². The van der Waals surface area contributed by atoms with E-state index in [0.29, 0.717) is 41.2 Å². The monoisotopic (exact) mass is 484 g/mol. The summed E-state index contributed by atoms with van der Waals surface area (Å²) in [5.74, 6) is 1.32. The van der Waals surface area contributed by atoms with Gasteiger partial charge in [-0.25, -0.2) is 9.97 Å². The van der Waals surface area contributed by atoms with Gasteiger partial charge in [-0.3, -0.25) is 9.20 Å². The fraction of sp³-hybridized carbons (Fsp3) is 0.345. The molecule has 2 aromatic carbocycles. The maximum atomic E-state index is 13.1. The fourth-order valence-electron chi connectivity index (χ4n) is 5.90. The Kier molecular flexibility index (Phi) is 5.60. The Hall–Kier alpha value is -3.18. The molecule has 35 heavy (non-hydrogen) atoms. The van der Waals surface area contributed by atoms with E-state index in [0.717, 1.165) is 24.7 Å². The van der Waals surface area contributed by atoms with E-state index >= 15 is 0 Å². The molecule has 178 valence electrons. The summed E-state index contributed by atoms with van der Waals surface area (Å²) in [5.41, 5.74) is 5.84. The molecule has 5 nitrogen and oxygen atoms in total. The first-order chi connectivity index (χ1) is 17.0. The van der Waals surface area contributed by atoms with E-state index in [9.17, 15) is 4.79 Å². The van der Waals surface area contributed by atoms with Gasteiger partial charge in [0, 0.05) is 36.8 Å². The van der Waals surface area contributed by atoms with Crippen molar-refractivity contribution in [2.75, 3.05) is 18.0 Å². The molecule has 0 atom stereocenters. The summed E-state index contributed by atoms with van der Waals surface area (Å²) in [6.07, 6.45) is 7.70. The van der Waals surface area contributed by atoms with Crippen LogP contribution in [0.25, 0.3) is 5.78 Å². The predicted octanol–water partition coefficient (Wildman–Crippen LogP) is 6.14. The zero-order valence-electron chi connectivity index (χ0n) is 20.0. The van der Waals surface area contributed by atoms with Gasteiger partial charge in [0.05, 0.1) is 16.9 Å². The third-order valence-corrected chi connectivity index (χ3v) is 7.94. The Bertz CT molecular complexity index is 1370. The molecule has 4 aromatic rings. The molecule has 6 rings (SSSR count). The van der Waals surface area contributed by atoms with Crippen LogP contribution < -0.4 is 4.90 Å². The minimum Gasteiger partial charge on any atom is -0.370 e. The maximum Gasteiger partial charge on any atom is 0.234 e. The summed E-state index contributed by atoms with van der Waals surface area (Å²) >= 11 is 6.12. The average Bonchev–Trinajstić information content (AvgIpc) is 3.20. The van der Waals surface area contributed by atoms with Crippen molar-refractivity contribution in [1.82, 2.24) is 14.4 Å². The molecule has 0 bridgehead atoms. The van der Waals surface area contributed by atoms with Crippen LogP contribution in [0, 0.1) is 5.41 Å². The standard InChI is InChI=1S/C29H29ClN4O/c1-2-25-27(34-17-23(30)16-31-28(34)32-25)26(35)13-10-20-8-11-24(12-9-20)33-18-29(19-33)14-22(15-29)21-6-4-3-5-7-21/h3-9,11-12,16-17,22H,2,10,13-15,18-19H2,1H3. The number of Topliss-reactive ketones (excluding diaryl/α,β-unsaturated/α-hetero) is 1. The lowest BCUT2D eigenvalue weighted by Crippen LogP contribution is -2.61. The van der Waals surface area contributed by atoms with Gasteiger partial charge in [-0.05, 0) is 54.9 Å². The highest BCUT2D eigenvalue weighted by Gasteiger charge is 2.52. The summed E-state index contributed by atoms with van der Waals surface area (Å²) in [6.45, 7) is 4.31. The molecule has 2 aromatic heterocycles. The molecule has 3 heterocycles. The summed E-state index contributed by atoms with van der Waals surface area (Å²) in [5, 5.41) is 0.493. The first-order valence-electron chi connectivity index (χ1n) is 12.5. The number of nitrogens with zero attached hydrogens (tertiary/aromatic N) is 4. The Morgan fingerprint density at radius 1 is 1.09 bits per heavy atom. The number of aryl methyl sites for hydroxylation is 2. The van der Waals surface area contributed by atoms with Crippen molar-refractivity contribution in [2.45, 2.75) is 44.9 Å². The number of anilines is 1. The highest BCUT2D eigenvalue weighted by molar-refractivity contribution is 6.30. The lowest BCUT2D eigenvalue weighted by atomic mass is 9.56. The normalized spacial score (nSPS) is 16.9. The van der Waals surface area contributed by atoms with Gasteiger partial charge >= 0.3 is 0 Å². The molecule has 1 aliphatic carbocycles. The third kappa shape index (κ3) is 4.12. The number of halogens is 1. The number of ketones is 1. The van der Waals surface area contributed by atoms with E-state index in [-0.39, 0.29) is 5.78 Å². The maximum absolute atomic E-state index is 13.1. The summed E-state index contributed by atoms with van der Waals surface area (Å²) in [7, 11) is 0. The van der Waals surface area contributed by atoms with Crippen LogP contribution in [0.2, 0.25) is 5.02 Å². The largest absolute Gasteiger partial charge is 0.370 e. The molecule has 2 aliphatic rings. The van der Waals surface area contributed by atoms with Crippen LogP contribution >= 0.6 is 11.6 Å². The number of carbonyl (C=O) groups excluding carboxylic acids is 1. The molecule has 1 saturated carbocycles. The molecule has 2 fully saturated rings. The first-order valence-corrected chi connectivity index (χ1v) is 12.9. The lowest BCUT2D eigenvalue weighted by Gasteiger charge is -2.60. The van der Waals surface area contributed by atoms with Gasteiger partial charge in [0.15, 0.2) is 5.78 Å². The van der Waals surface area contributed by atoms with Crippen LogP contribution in [0.4, 0.5) is 5.69 Å². The molecular weight excluding hydrogens is 456 g/mol. The van der Waals surface area contributed by atoms with E-state index in [2.05, 4.69) is 69.5 Å². The van der Waals surface area contributed by atoms with Crippen molar-refractivity contribution >= 4 is 28.8 Å². The highest BCUT2D eigenvalue weighted by atomic mass is 35.5. The quantitative estimate of drug-likeness (QED) is 0.295. The second-order valence-electron chi connectivity index (χ2n) is 10.2. The van der Waals surface area contributed by atoms with Crippen molar-refractivity contribution in [3.63, 3.8) is 0 Å². The molecular formula is C29H29ClN4O. The zero-order chi connectivity index (χ0) is 24.0. The molecule has 1 aliphatic heterocycles. The van der Waals surface area contributed by atoms with Gasteiger partial charge in [0.2, 0.25) is 5.78 Å². The Morgan fingerprint density at radius 2 is 1.83 bits per heavy atom. The number of imidazole rings is 1. The first kappa shape index (κ1) is 22.3. The lowest BCUT2D eigenvalue weighted by molar-refractivity contribution is 0.0634. The van der Waals surface area contributed by atoms with Gasteiger partial charge in [0.1, 0.15) is 5.69 Å². The van der Waals surface area contributed by atoms with Gasteiger partial charge < -0.3 is 4.90 Å². The van der Waals surface area contributed by atoms with Crippen molar-refractivity contribution in [3.8, 4) is 0 Å². The minimum absolute atomic E-state index is 0.0742. The van der Waals surface area contributed by atoms with Gasteiger partial charge in [0.25, 0.3) is 0 Å². The van der Waals surface area contributed by atoms with Crippen LogP contribution in [-0.2, 0) is 12.8 Å². The number of hydrogen-bond acceptors (Lipinski definition) is 4. The Labute approximate surface area is 210 Å². The molecule has 6 heteroatoms. The smallest absolute Gasteiger partial charge is 0.234 e. The van der Waals surface area contributed by atoms with Crippen molar-refractivity contribution < 1.29 is 4.79 Å². The number of aromatic nitrogens is 3. The fourth-order valence-corrected chi connectivity index (χ4v) is 6.04. The van der Waals surface area contributed by atoms with Gasteiger partial charge in [-0.15, -0.1) is 0 Å². The third-order valence-electron chi connectivity index (χ3n) is 7.74. The number of fused-ring (bicyclic) bond motifs is 1.